The van der Waals surface area contributed by atoms with E-state index in [-0.39, 0.29) is 24.6 Å². The first kappa shape index (κ1) is 24.2. The van der Waals surface area contributed by atoms with Gasteiger partial charge in [-0.25, -0.2) is 4.79 Å². The highest BCUT2D eigenvalue weighted by atomic mass is 19.4. The lowest BCUT2D eigenvalue weighted by molar-refractivity contribution is -0.147. The fourth-order valence-electron chi connectivity index (χ4n) is 2.34. The Morgan fingerprint density at radius 2 is 1.41 bits per heavy atom. The minimum absolute atomic E-state index is 0.131. The lowest BCUT2D eigenvalue weighted by Gasteiger charge is -2.22. The van der Waals surface area contributed by atoms with Crippen molar-refractivity contribution in [1.29, 1.82) is 0 Å². The van der Waals surface area contributed by atoms with Crippen LogP contribution in [0.4, 0.5) is 26.3 Å². The summed E-state index contributed by atoms with van der Waals surface area (Å²) in [6.45, 7) is 1.34. The highest BCUT2D eigenvalue weighted by molar-refractivity contribution is 5.97. The average Bonchev–Trinajstić information content (AvgIpc) is 2.63. The summed E-state index contributed by atoms with van der Waals surface area (Å²) in [5.74, 6) is -4.10. The Bertz CT molecular complexity index is 742. The van der Waals surface area contributed by atoms with E-state index in [1.165, 1.54) is 6.92 Å². The number of nitrogens with one attached hydrogen (secondary N) is 1. The van der Waals surface area contributed by atoms with Crippen LogP contribution in [0, 0.1) is 5.92 Å². The zero-order chi connectivity index (χ0) is 22.6. The van der Waals surface area contributed by atoms with E-state index in [1.807, 2.05) is 5.32 Å². The Labute approximate surface area is 161 Å². The molecule has 0 saturated heterocycles. The van der Waals surface area contributed by atoms with Crippen molar-refractivity contribution in [3.8, 4) is 0 Å². The molecule has 6 nitrogen and oxygen atoms in total. The number of benzene rings is 1. The number of hydrogen-bond donors (Lipinski definition) is 1. The number of carbonyl (C=O) groups is 3. The summed E-state index contributed by atoms with van der Waals surface area (Å²) >= 11 is 0. The van der Waals surface area contributed by atoms with Gasteiger partial charge < -0.3 is 14.8 Å². The van der Waals surface area contributed by atoms with Gasteiger partial charge in [0.25, 0.3) is 5.91 Å². The second-order valence-electron chi connectivity index (χ2n) is 6.03. The van der Waals surface area contributed by atoms with Crippen LogP contribution >= 0.6 is 0 Å². The van der Waals surface area contributed by atoms with Gasteiger partial charge in [-0.2, -0.15) is 26.3 Å². The fraction of sp³-hybridized carbons (Fsp3) is 0.471. The van der Waals surface area contributed by atoms with Crippen LogP contribution in [0.5, 0.6) is 0 Å². The van der Waals surface area contributed by atoms with Crippen LogP contribution in [0.2, 0.25) is 0 Å². The van der Waals surface area contributed by atoms with Crippen molar-refractivity contribution in [1.82, 2.24) is 5.32 Å². The maximum Gasteiger partial charge on any atom is 0.416 e. The number of hydrogen-bond acceptors (Lipinski definition) is 5. The number of ether oxygens (including phenoxy) is 2. The van der Waals surface area contributed by atoms with Crippen molar-refractivity contribution in [3.05, 3.63) is 34.9 Å². The zero-order valence-electron chi connectivity index (χ0n) is 15.4. The molecule has 0 unspecified atom stereocenters. The van der Waals surface area contributed by atoms with E-state index >= 15 is 0 Å². The Kier molecular flexibility index (Phi) is 7.64. The third-order valence-corrected chi connectivity index (χ3v) is 3.88. The van der Waals surface area contributed by atoms with E-state index in [9.17, 15) is 40.7 Å². The van der Waals surface area contributed by atoms with Gasteiger partial charge in [-0.05, 0) is 24.1 Å². The van der Waals surface area contributed by atoms with Gasteiger partial charge in [0.1, 0.15) is 6.04 Å². The first-order valence-corrected chi connectivity index (χ1v) is 7.95. The van der Waals surface area contributed by atoms with Gasteiger partial charge in [0.15, 0.2) is 0 Å². The summed E-state index contributed by atoms with van der Waals surface area (Å²) < 4.78 is 86.5. The molecule has 0 aliphatic rings. The summed E-state index contributed by atoms with van der Waals surface area (Å²) in [4.78, 5) is 35.6. The molecule has 0 radical (unpaired) electrons. The van der Waals surface area contributed by atoms with Gasteiger partial charge in [-0.1, -0.05) is 6.92 Å². The molecule has 0 aliphatic carbocycles. The lowest BCUT2D eigenvalue weighted by Crippen LogP contribution is -2.46. The van der Waals surface area contributed by atoms with Crippen molar-refractivity contribution in [3.63, 3.8) is 0 Å². The monoisotopic (exact) mass is 429 g/mol. The van der Waals surface area contributed by atoms with Crippen molar-refractivity contribution < 1.29 is 50.2 Å². The lowest BCUT2D eigenvalue weighted by atomic mass is 9.97. The Balaban J connectivity index is 3.29. The molecule has 0 aliphatic heterocycles. The molecule has 1 aromatic carbocycles. The van der Waals surface area contributed by atoms with Crippen LogP contribution in [0.15, 0.2) is 18.2 Å². The molecule has 1 rings (SSSR count). The van der Waals surface area contributed by atoms with Crippen molar-refractivity contribution in [2.45, 2.75) is 31.7 Å². The smallest absolute Gasteiger partial charge is 0.416 e. The first-order valence-electron chi connectivity index (χ1n) is 7.95. The third-order valence-electron chi connectivity index (χ3n) is 3.88. The number of amides is 1. The number of alkyl halides is 6. The molecular formula is C17H17F6NO5. The Morgan fingerprint density at radius 3 is 1.79 bits per heavy atom. The van der Waals surface area contributed by atoms with Crippen molar-refractivity contribution in [2.24, 2.45) is 5.92 Å². The maximum absolute atomic E-state index is 12.9. The molecule has 1 amide bonds. The molecule has 0 heterocycles. The average molecular weight is 429 g/mol. The Morgan fingerprint density at radius 1 is 0.931 bits per heavy atom. The molecular weight excluding hydrogens is 412 g/mol. The molecule has 0 spiro atoms. The summed E-state index contributed by atoms with van der Waals surface area (Å²) in [6, 6.07) is -1.20. The highest BCUT2D eigenvalue weighted by Crippen LogP contribution is 2.36. The van der Waals surface area contributed by atoms with Crippen LogP contribution in [0.25, 0.3) is 0 Å². The summed E-state index contributed by atoms with van der Waals surface area (Å²) in [5, 5.41) is 2.01. The molecule has 12 heteroatoms. The van der Waals surface area contributed by atoms with E-state index < -0.39 is 58.8 Å². The summed E-state index contributed by atoms with van der Waals surface area (Å²) in [6.07, 6.45) is -10.7. The van der Waals surface area contributed by atoms with Gasteiger partial charge in [0.05, 0.1) is 31.8 Å². The van der Waals surface area contributed by atoms with Crippen LogP contribution in [0.1, 0.15) is 34.8 Å². The molecule has 29 heavy (non-hydrogen) atoms. The summed E-state index contributed by atoms with van der Waals surface area (Å²) in [5.41, 5.74) is -4.34. The van der Waals surface area contributed by atoms with E-state index in [2.05, 4.69) is 9.47 Å². The third kappa shape index (κ3) is 6.64. The normalized spacial score (nSPS) is 14.0. The van der Waals surface area contributed by atoms with Gasteiger partial charge in [0.2, 0.25) is 0 Å². The first-order chi connectivity index (χ1) is 13.2. The van der Waals surface area contributed by atoms with Gasteiger partial charge in [-0.3, -0.25) is 9.59 Å². The highest BCUT2D eigenvalue weighted by Gasteiger charge is 2.38. The molecule has 1 N–H and O–H groups in total. The largest absolute Gasteiger partial charge is 0.469 e. The van der Waals surface area contributed by atoms with Gasteiger partial charge in [0, 0.05) is 5.56 Å². The quantitative estimate of drug-likeness (QED) is 0.555. The molecule has 162 valence electrons. The number of methoxy groups -OCH3 is 2. The molecule has 0 aromatic heterocycles. The second-order valence-corrected chi connectivity index (χ2v) is 6.03. The van der Waals surface area contributed by atoms with Crippen LogP contribution in [-0.4, -0.2) is 38.1 Å². The van der Waals surface area contributed by atoms with Gasteiger partial charge in [-0.15, -0.1) is 0 Å². The minimum atomic E-state index is -5.14. The molecule has 1 aromatic rings. The molecule has 0 bridgehead atoms. The summed E-state index contributed by atoms with van der Waals surface area (Å²) in [7, 11) is 2.03. The van der Waals surface area contributed by atoms with E-state index in [4.69, 9.17) is 0 Å². The maximum atomic E-state index is 12.9. The van der Waals surface area contributed by atoms with Crippen LogP contribution < -0.4 is 5.32 Å². The minimum Gasteiger partial charge on any atom is -0.469 e. The van der Waals surface area contributed by atoms with E-state index in [1.54, 1.807) is 0 Å². The van der Waals surface area contributed by atoms with Crippen LogP contribution in [-0.2, 0) is 31.4 Å². The molecule has 2 atom stereocenters. The number of rotatable bonds is 6. The van der Waals surface area contributed by atoms with Crippen LogP contribution in [0.3, 0.4) is 0 Å². The second kappa shape index (κ2) is 9.14. The number of halogens is 6. The van der Waals surface area contributed by atoms with Gasteiger partial charge >= 0.3 is 24.3 Å². The van der Waals surface area contributed by atoms with E-state index in [0.29, 0.717) is 0 Å². The SMILES string of the molecule is COC(=O)C[C@H](C)[C@@H](NC(=O)c1cc(C(F)(F)F)cc(C(F)(F)F)c1)C(=O)OC. The Hall–Kier alpha value is -2.79. The molecule has 0 saturated carbocycles. The predicted molar refractivity (Wildman–Crippen MR) is 85.5 cm³/mol. The fourth-order valence-corrected chi connectivity index (χ4v) is 2.34. The van der Waals surface area contributed by atoms with E-state index in [0.717, 1.165) is 14.2 Å². The van der Waals surface area contributed by atoms with Crippen molar-refractivity contribution in [2.75, 3.05) is 14.2 Å². The molecule has 0 fully saturated rings. The number of esters is 2. The topological polar surface area (TPSA) is 81.7 Å². The predicted octanol–water partition coefficient (Wildman–Crippen LogP) is 3.19. The zero-order valence-corrected chi connectivity index (χ0v) is 15.4. The standard InChI is InChI=1S/C17H17F6NO5/c1-8(4-12(25)28-2)13(15(27)29-3)24-14(26)9-5-10(16(18,19)20)7-11(6-9)17(21,22)23/h5-8,13H,4H2,1-3H3,(H,24,26)/t8-,13+/m0/s1. The number of carbonyl (C=O) groups excluding carboxylic acids is 3. The van der Waals surface area contributed by atoms with Crippen molar-refractivity contribution >= 4 is 17.8 Å².